The third kappa shape index (κ3) is 1.91. The van der Waals surface area contributed by atoms with Gasteiger partial charge in [0.1, 0.15) is 11.5 Å². The van der Waals surface area contributed by atoms with Crippen LogP contribution >= 0.6 is 27.5 Å². The van der Waals surface area contributed by atoms with Gasteiger partial charge in [0.05, 0.1) is 10.2 Å². The highest BCUT2D eigenvalue weighted by Crippen LogP contribution is 2.26. The largest absolute Gasteiger partial charge is 0.240 e. The van der Waals surface area contributed by atoms with Crippen LogP contribution in [0.1, 0.15) is 25.5 Å². The van der Waals surface area contributed by atoms with Crippen molar-refractivity contribution in [2.45, 2.75) is 19.8 Å². The average Bonchev–Trinajstić information content (AvgIpc) is 1.94. The van der Waals surface area contributed by atoms with E-state index in [2.05, 4.69) is 39.7 Å². The zero-order chi connectivity index (χ0) is 8.43. The van der Waals surface area contributed by atoms with Gasteiger partial charge in [-0.15, -0.1) is 0 Å². The molecule has 0 saturated heterocycles. The summed E-state index contributed by atoms with van der Waals surface area (Å²) in [6.45, 7) is 4.12. The molecule has 0 fully saturated rings. The van der Waals surface area contributed by atoms with Gasteiger partial charge in [-0.2, -0.15) is 0 Å². The molecule has 0 amide bonds. The van der Waals surface area contributed by atoms with E-state index in [4.69, 9.17) is 11.6 Å². The highest BCUT2D eigenvalue weighted by Gasteiger charge is 2.08. The number of aromatic nitrogens is 2. The lowest BCUT2D eigenvalue weighted by Gasteiger charge is -2.05. The highest BCUT2D eigenvalue weighted by atomic mass is 79.9. The second-order valence-corrected chi connectivity index (χ2v) is 3.67. The Labute approximate surface area is 79.1 Å². The summed E-state index contributed by atoms with van der Waals surface area (Å²) in [6, 6.07) is 0. The minimum Gasteiger partial charge on any atom is -0.240 e. The van der Waals surface area contributed by atoms with Crippen LogP contribution in [-0.4, -0.2) is 9.97 Å². The molecule has 0 aromatic carbocycles. The second-order valence-electron chi connectivity index (χ2n) is 2.52. The molecule has 1 aromatic rings. The molecule has 1 aromatic heterocycles. The van der Waals surface area contributed by atoms with Crippen molar-refractivity contribution in [3.8, 4) is 0 Å². The topological polar surface area (TPSA) is 25.8 Å². The number of rotatable bonds is 1. The summed E-state index contributed by atoms with van der Waals surface area (Å²) in [4.78, 5) is 7.93. The van der Waals surface area contributed by atoms with Crippen LogP contribution in [0.25, 0.3) is 0 Å². The maximum Gasteiger partial charge on any atom is 0.146 e. The van der Waals surface area contributed by atoms with Crippen molar-refractivity contribution >= 4 is 27.5 Å². The molecule has 1 heterocycles. The van der Waals surface area contributed by atoms with E-state index in [0.717, 1.165) is 10.2 Å². The molecular formula is C7H8BrClN2. The lowest BCUT2D eigenvalue weighted by molar-refractivity contribution is 0.806. The molecule has 4 heteroatoms. The zero-order valence-corrected chi connectivity index (χ0v) is 8.65. The van der Waals surface area contributed by atoms with E-state index >= 15 is 0 Å². The van der Waals surface area contributed by atoms with Gasteiger partial charge in [0.25, 0.3) is 0 Å². The molecule has 60 valence electrons. The summed E-state index contributed by atoms with van der Waals surface area (Å²) < 4.78 is 0.802. The predicted octanol–water partition coefficient (Wildman–Crippen LogP) is 3.02. The van der Waals surface area contributed by atoms with Crippen LogP contribution in [0.2, 0.25) is 5.15 Å². The minimum absolute atomic E-state index is 0.366. The summed E-state index contributed by atoms with van der Waals surface area (Å²) in [5.41, 5.74) is 0.949. The van der Waals surface area contributed by atoms with E-state index in [0.29, 0.717) is 11.1 Å². The van der Waals surface area contributed by atoms with Crippen LogP contribution in [0.15, 0.2) is 10.8 Å². The standard InChI is InChI=1S/C7H8BrClN2/c1-4(2)6-5(8)7(9)11-3-10-6/h3-4H,1-2H3. The number of nitrogens with zero attached hydrogens (tertiary/aromatic N) is 2. The summed E-state index contributed by atoms with van der Waals surface area (Å²) in [5, 5.41) is 0.476. The Balaban J connectivity index is 3.17. The van der Waals surface area contributed by atoms with Crippen LogP contribution in [0.4, 0.5) is 0 Å². The van der Waals surface area contributed by atoms with E-state index in [1.165, 1.54) is 6.33 Å². The molecule has 0 aliphatic rings. The van der Waals surface area contributed by atoms with Gasteiger partial charge in [0.15, 0.2) is 0 Å². The van der Waals surface area contributed by atoms with Crippen LogP contribution in [-0.2, 0) is 0 Å². The van der Waals surface area contributed by atoms with Gasteiger partial charge in [-0.25, -0.2) is 9.97 Å². The molecule has 11 heavy (non-hydrogen) atoms. The minimum atomic E-state index is 0.366. The fourth-order valence-electron chi connectivity index (χ4n) is 0.763. The van der Waals surface area contributed by atoms with E-state index in [-0.39, 0.29) is 0 Å². The first-order chi connectivity index (χ1) is 5.13. The highest BCUT2D eigenvalue weighted by molar-refractivity contribution is 9.10. The van der Waals surface area contributed by atoms with Crippen molar-refractivity contribution in [2.75, 3.05) is 0 Å². The summed E-state index contributed by atoms with van der Waals surface area (Å²) >= 11 is 9.08. The molecule has 0 aliphatic heterocycles. The first-order valence-electron chi connectivity index (χ1n) is 3.28. The Bertz CT molecular complexity index is 263. The fourth-order valence-corrected chi connectivity index (χ4v) is 1.57. The fraction of sp³-hybridized carbons (Fsp3) is 0.429. The normalized spacial score (nSPS) is 10.6. The van der Waals surface area contributed by atoms with E-state index in [1.807, 2.05) is 0 Å². The molecule has 2 nitrogen and oxygen atoms in total. The summed E-state index contributed by atoms with van der Waals surface area (Å²) in [6.07, 6.45) is 1.47. The smallest absolute Gasteiger partial charge is 0.146 e. The molecule has 0 saturated carbocycles. The maximum atomic E-state index is 5.76. The van der Waals surface area contributed by atoms with Gasteiger partial charge in [0, 0.05) is 0 Å². The molecule has 0 N–H and O–H groups in total. The molecule has 0 spiro atoms. The van der Waals surface area contributed by atoms with Crippen molar-refractivity contribution < 1.29 is 0 Å². The van der Waals surface area contributed by atoms with Crippen LogP contribution < -0.4 is 0 Å². The van der Waals surface area contributed by atoms with Crippen molar-refractivity contribution in [3.63, 3.8) is 0 Å². The maximum absolute atomic E-state index is 5.76. The number of halogens is 2. The molecule has 0 aliphatic carbocycles. The van der Waals surface area contributed by atoms with Gasteiger partial charge in [-0.05, 0) is 21.8 Å². The SMILES string of the molecule is CC(C)c1ncnc(Cl)c1Br. The average molecular weight is 236 g/mol. The van der Waals surface area contributed by atoms with Gasteiger partial charge in [-0.1, -0.05) is 25.4 Å². The second kappa shape index (κ2) is 3.50. The van der Waals surface area contributed by atoms with Crippen molar-refractivity contribution in [1.82, 2.24) is 9.97 Å². The zero-order valence-electron chi connectivity index (χ0n) is 6.31. The Morgan fingerprint density at radius 3 is 2.55 bits per heavy atom. The van der Waals surface area contributed by atoms with Crippen LogP contribution in [0.3, 0.4) is 0 Å². The monoisotopic (exact) mass is 234 g/mol. The van der Waals surface area contributed by atoms with Gasteiger partial charge < -0.3 is 0 Å². The molecule has 1 rings (SSSR count). The Hall–Kier alpha value is -0.150. The Morgan fingerprint density at radius 2 is 2.09 bits per heavy atom. The summed E-state index contributed by atoms with van der Waals surface area (Å²) in [5.74, 6) is 0.366. The third-order valence-corrected chi connectivity index (χ3v) is 2.62. The van der Waals surface area contributed by atoms with Crippen LogP contribution in [0.5, 0.6) is 0 Å². The van der Waals surface area contributed by atoms with Gasteiger partial charge >= 0.3 is 0 Å². The first kappa shape index (κ1) is 8.94. The van der Waals surface area contributed by atoms with E-state index in [1.54, 1.807) is 0 Å². The number of hydrogen-bond donors (Lipinski definition) is 0. The molecule has 0 unspecified atom stereocenters. The van der Waals surface area contributed by atoms with Crippen molar-refractivity contribution in [3.05, 3.63) is 21.6 Å². The lowest BCUT2D eigenvalue weighted by atomic mass is 10.1. The van der Waals surface area contributed by atoms with E-state index < -0.39 is 0 Å². The van der Waals surface area contributed by atoms with E-state index in [9.17, 15) is 0 Å². The first-order valence-corrected chi connectivity index (χ1v) is 4.46. The van der Waals surface area contributed by atoms with Gasteiger partial charge in [0.2, 0.25) is 0 Å². The molecule has 0 atom stereocenters. The number of hydrogen-bond acceptors (Lipinski definition) is 2. The predicted molar refractivity (Wildman–Crippen MR) is 48.8 cm³/mol. The third-order valence-electron chi connectivity index (χ3n) is 1.32. The van der Waals surface area contributed by atoms with Crippen molar-refractivity contribution in [2.24, 2.45) is 0 Å². The Morgan fingerprint density at radius 1 is 1.45 bits per heavy atom. The van der Waals surface area contributed by atoms with Crippen molar-refractivity contribution in [1.29, 1.82) is 0 Å². The molecular weight excluding hydrogens is 227 g/mol. The van der Waals surface area contributed by atoms with Crippen LogP contribution in [0, 0.1) is 0 Å². The quantitative estimate of drug-likeness (QED) is 0.699. The summed E-state index contributed by atoms with van der Waals surface area (Å²) in [7, 11) is 0. The Kier molecular flexibility index (Phi) is 2.84. The molecule has 0 bridgehead atoms. The van der Waals surface area contributed by atoms with Gasteiger partial charge in [-0.3, -0.25) is 0 Å². The molecule has 0 radical (unpaired) electrons. The lowest BCUT2D eigenvalue weighted by Crippen LogP contribution is -1.95.